The monoisotopic (exact) mass is 266 g/mol. The van der Waals surface area contributed by atoms with Crippen LogP contribution >= 0.6 is 11.6 Å². The Hall–Kier alpha value is -0.570. The number of rotatable bonds is 4. The largest absolute Gasteiger partial charge is 0.271 e. The highest BCUT2D eigenvalue weighted by atomic mass is 35.5. The summed E-state index contributed by atoms with van der Waals surface area (Å²) in [6.07, 6.45) is 6.50. The molecule has 1 saturated carbocycles. The van der Waals surface area contributed by atoms with Crippen LogP contribution in [0.5, 0.6) is 0 Å². The van der Waals surface area contributed by atoms with Crippen LogP contribution in [0.1, 0.15) is 50.6 Å². The Morgan fingerprint density at radius 2 is 2.06 bits per heavy atom. The molecule has 2 rings (SSSR count). The molecule has 0 saturated heterocycles. The van der Waals surface area contributed by atoms with Gasteiger partial charge >= 0.3 is 0 Å². The molecular weight excluding hydrogens is 244 g/mol. The first-order valence-electron chi connectivity index (χ1n) is 6.96. The van der Waals surface area contributed by atoms with Gasteiger partial charge in [-0.2, -0.15) is 0 Å². The summed E-state index contributed by atoms with van der Waals surface area (Å²) in [5.74, 6) is 7.31. The van der Waals surface area contributed by atoms with Gasteiger partial charge in [-0.1, -0.05) is 49.9 Å². The second-order valence-electron chi connectivity index (χ2n) is 5.39. The van der Waals surface area contributed by atoms with Gasteiger partial charge < -0.3 is 0 Å². The molecule has 3 N–H and O–H groups in total. The van der Waals surface area contributed by atoms with Gasteiger partial charge in [0.25, 0.3) is 0 Å². The Morgan fingerprint density at radius 1 is 1.33 bits per heavy atom. The molecule has 0 radical (unpaired) electrons. The molecule has 1 fully saturated rings. The van der Waals surface area contributed by atoms with Crippen LogP contribution in [0.15, 0.2) is 24.3 Å². The minimum atomic E-state index is 0.238. The Labute approximate surface area is 115 Å². The average molecular weight is 267 g/mol. The Morgan fingerprint density at radius 3 is 2.61 bits per heavy atom. The Kier molecular flexibility index (Phi) is 5.04. The van der Waals surface area contributed by atoms with E-state index in [1.54, 1.807) is 0 Å². The summed E-state index contributed by atoms with van der Waals surface area (Å²) in [5.41, 5.74) is 4.20. The highest BCUT2D eigenvalue weighted by Crippen LogP contribution is 2.37. The van der Waals surface area contributed by atoms with Crippen molar-refractivity contribution in [2.24, 2.45) is 17.7 Å². The maximum atomic E-state index is 6.06. The summed E-state index contributed by atoms with van der Waals surface area (Å²) in [5, 5.41) is 0.787. The van der Waals surface area contributed by atoms with Crippen LogP contribution in [0.2, 0.25) is 5.02 Å². The van der Waals surface area contributed by atoms with Crippen LogP contribution in [-0.2, 0) is 0 Å². The summed E-state index contributed by atoms with van der Waals surface area (Å²) in [6.45, 7) is 2.29. The van der Waals surface area contributed by atoms with E-state index in [9.17, 15) is 0 Å². The maximum absolute atomic E-state index is 6.06. The van der Waals surface area contributed by atoms with Gasteiger partial charge in [0.05, 0.1) is 0 Å². The van der Waals surface area contributed by atoms with Crippen molar-refractivity contribution in [3.8, 4) is 0 Å². The van der Waals surface area contributed by atoms with E-state index in [1.807, 2.05) is 18.2 Å². The van der Waals surface area contributed by atoms with Gasteiger partial charge in [-0.15, -0.1) is 0 Å². The minimum Gasteiger partial charge on any atom is -0.271 e. The van der Waals surface area contributed by atoms with Crippen molar-refractivity contribution in [1.29, 1.82) is 0 Å². The van der Waals surface area contributed by atoms with E-state index >= 15 is 0 Å². The van der Waals surface area contributed by atoms with E-state index in [0.717, 1.165) is 10.9 Å². The fraction of sp³-hybridized carbons (Fsp3) is 0.600. The number of hydrogen-bond donors (Lipinski definition) is 2. The zero-order valence-corrected chi connectivity index (χ0v) is 11.8. The third-order valence-corrected chi connectivity index (χ3v) is 4.56. The lowest BCUT2D eigenvalue weighted by molar-refractivity contribution is 0.219. The lowest BCUT2D eigenvalue weighted by atomic mass is 9.76. The zero-order chi connectivity index (χ0) is 13.0. The van der Waals surface area contributed by atoms with Crippen molar-refractivity contribution in [3.05, 3.63) is 34.9 Å². The minimum absolute atomic E-state index is 0.238. The van der Waals surface area contributed by atoms with E-state index in [-0.39, 0.29) is 6.04 Å². The maximum Gasteiger partial charge on any atom is 0.0488 e. The van der Waals surface area contributed by atoms with Crippen molar-refractivity contribution in [2.45, 2.75) is 45.1 Å². The van der Waals surface area contributed by atoms with Crippen molar-refractivity contribution in [1.82, 2.24) is 5.43 Å². The number of hydrogen-bond acceptors (Lipinski definition) is 2. The third-order valence-electron chi connectivity index (χ3n) is 4.33. The molecule has 0 amide bonds. The quantitative estimate of drug-likeness (QED) is 0.637. The number of nitrogens with one attached hydrogen (secondary N) is 1. The van der Waals surface area contributed by atoms with Gasteiger partial charge in [-0.25, -0.2) is 0 Å². The molecule has 1 aliphatic rings. The number of halogens is 1. The first-order valence-corrected chi connectivity index (χ1v) is 7.34. The predicted octanol–water partition coefficient (Wildman–Crippen LogP) is 4.06. The van der Waals surface area contributed by atoms with Crippen LogP contribution in [0.25, 0.3) is 0 Å². The predicted molar refractivity (Wildman–Crippen MR) is 77.3 cm³/mol. The first kappa shape index (κ1) is 13.9. The Balaban J connectivity index is 2.05. The van der Waals surface area contributed by atoms with Crippen LogP contribution in [0, 0.1) is 11.8 Å². The van der Waals surface area contributed by atoms with Crippen LogP contribution < -0.4 is 11.3 Å². The topological polar surface area (TPSA) is 38.0 Å². The van der Waals surface area contributed by atoms with E-state index in [0.29, 0.717) is 5.92 Å². The number of hydrazine groups is 1. The van der Waals surface area contributed by atoms with Crippen LogP contribution in [-0.4, -0.2) is 0 Å². The molecule has 0 aliphatic heterocycles. The first-order chi connectivity index (χ1) is 8.74. The number of nitrogens with two attached hydrogens (primary N) is 1. The van der Waals surface area contributed by atoms with Gasteiger partial charge in [0.15, 0.2) is 0 Å². The van der Waals surface area contributed by atoms with Gasteiger partial charge in [0, 0.05) is 11.1 Å². The molecule has 1 unspecified atom stereocenters. The van der Waals surface area contributed by atoms with Crippen molar-refractivity contribution in [3.63, 3.8) is 0 Å². The highest BCUT2D eigenvalue weighted by molar-refractivity contribution is 6.30. The molecule has 1 aromatic rings. The summed E-state index contributed by atoms with van der Waals surface area (Å²) >= 11 is 6.06. The lowest BCUT2D eigenvalue weighted by Gasteiger charge is -2.33. The van der Waals surface area contributed by atoms with Gasteiger partial charge in [0.2, 0.25) is 0 Å². The van der Waals surface area contributed by atoms with E-state index < -0.39 is 0 Å². The summed E-state index contributed by atoms with van der Waals surface area (Å²) in [6, 6.07) is 8.29. The zero-order valence-electron chi connectivity index (χ0n) is 11.0. The second-order valence-corrected chi connectivity index (χ2v) is 5.82. The molecule has 0 spiro atoms. The fourth-order valence-electron chi connectivity index (χ4n) is 3.13. The molecule has 0 heterocycles. The van der Waals surface area contributed by atoms with Crippen molar-refractivity contribution >= 4 is 11.6 Å². The number of benzene rings is 1. The molecule has 0 aromatic heterocycles. The molecule has 2 nitrogen and oxygen atoms in total. The van der Waals surface area contributed by atoms with Crippen LogP contribution in [0.4, 0.5) is 0 Å². The Bertz CT molecular complexity index is 373. The molecule has 100 valence electrons. The third kappa shape index (κ3) is 3.25. The van der Waals surface area contributed by atoms with E-state index in [1.165, 1.54) is 37.7 Å². The highest BCUT2D eigenvalue weighted by Gasteiger charge is 2.27. The van der Waals surface area contributed by atoms with Gasteiger partial charge in [0.1, 0.15) is 0 Å². The van der Waals surface area contributed by atoms with Crippen LogP contribution in [0.3, 0.4) is 0 Å². The summed E-state index contributed by atoms with van der Waals surface area (Å²) < 4.78 is 0. The molecule has 1 aromatic carbocycles. The SMILES string of the molecule is CCC1CCC(C(NN)c2cccc(Cl)c2)CC1. The fourth-order valence-corrected chi connectivity index (χ4v) is 3.33. The standard InChI is InChI=1S/C15H23ClN2/c1-2-11-6-8-12(9-7-11)15(18-17)13-4-3-5-14(16)10-13/h3-5,10-12,15,18H,2,6-9,17H2,1H3. The summed E-state index contributed by atoms with van der Waals surface area (Å²) in [7, 11) is 0. The molecule has 0 bridgehead atoms. The molecule has 3 heteroatoms. The average Bonchev–Trinajstić information content (AvgIpc) is 2.40. The molecule has 1 atom stereocenters. The molecular formula is C15H23ClN2. The van der Waals surface area contributed by atoms with Crippen molar-refractivity contribution < 1.29 is 0 Å². The normalized spacial score (nSPS) is 25.9. The second kappa shape index (κ2) is 6.55. The van der Waals surface area contributed by atoms with Gasteiger partial charge in [-0.05, 0) is 42.4 Å². The van der Waals surface area contributed by atoms with E-state index in [4.69, 9.17) is 17.4 Å². The van der Waals surface area contributed by atoms with Gasteiger partial charge in [-0.3, -0.25) is 11.3 Å². The smallest absolute Gasteiger partial charge is 0.0488 e. The van der Waals surface area contributed by atoms with Crippen molar-refractivity contribution in [2.75, 3.05) is 0 Å². The molecule has 18 heavy (non-hydrogen) atoms. The lowest BCUT2D eigenvalue weighted by Crippen LogP contribution is -2.35. The van der Waals surface area contributed by atoms with E-state index in [2.05, 4.69) is 18.4 Å². The molecule has 1 aliphatic carbocycles. The summed E-state index contributed by atoms with van der Waals surface area (Å²) in [4.78, 5) is 0.